The maximum absolute atomic E-state index is 12.7. The number of sulfonamides is 1. The quantitative estimate of drug-likeness (QED) is 0.824. The van der Waals surface area contributed by atoms with Gasteiger partial charge in [-0.3, -0.25) is 0 Å². The van der Waals surface area contributed by atoms with Gasteiger partial charge in [0.1, 0.15) is 0 Å². The molecule has 1 aromatic rings. The second-order valence-electron chi connectivity index (χ2n) is 6.10. The third-order valence-corrected chi connectivity index (χ3v) is 6.41. The van der Waals surface area contributed by atoms with Crippen LogP contribution in [0.25, 0.3) is 0 Å². The Morgan fingerprint density at radius 2 is 1.86 bits per heavy atom. The van der Waals surface area contributed by atoms with E-state index in [0.29, 0.717) is 12.8 Å². The minimum Gasteiger partial charge on any atom is -0.380 e. The molecule has 2 aliphatic rings. The highest BCUT2D eigenvalue weighted by molar-refractivity contribution is 7.89. The first-order valence-corrected chi connectivity index (χ1v) is 8.17. The first-order chi connectivity index (χ1) is 10.1. The number of rotatable bonds is 2. The Labute approximate surface area is 124 Å². The van der Waals surface area contributed by atoms with Crippen molar-refractivity contribution in [1.29, 1.82) is 0 Å². The fourth-order valence-electron chi connectivity index (χ4n) is 3.39. The van der Waals surface area contributed by atoms with E-state index in [9.17, 15) is 26.7 Å². The summed E-state index contributed by atoms with van der Waals surface area (Å²) >= 11 is 0. The Hall–Kier alpha value is -1.20. The van der Waals surface area contributed by atoms with Gasteiger partial charge in [0.05, 0.1) is 6.20 Å². The average molecular weight is 340 g/mol. The molecule has 0 aromatic carbocycles. The molecule has 1 saturated carbocycles. The largest absolute Gasteiger partial charge is 0.417 e. The molecular weight excluding hydrogens is 325 g/mol. The molecule has 2 heterocycles. The van der Waals surface area contributed by atoms with Crippen LogP contribution in [0.15, 0.2) is 11.2 Å². The molecule has 1 aliphatic carbocycles. The lowest BCUT2D eigenvalue weighted by Gasteiger charge is -2.56. The van der Waals surface area contributed by atoms with Gasteiger partial charge in [0.25, 0.3) is 10.0 Å². The molecule has 124 valence electrons. The van der Waals surface area contributed by atoms with E-state index in [1.54, 1.807) is 0 Å². The van der Waals surface area contributed by atoms with Gasteiger partial charge in [0, 0.05) is 13.1 Å². The molecule has 11 heteroatoms. The van der Waals surface area contributed by atoms with Crippen molar-refractivity contribution in [3.63, 3.8) is 0 Å². The van der Waals surface area contributed by atoms with Gasteiger partial charge in [-0.05, 0) is 31.1 Å². The molecule has 1 aliphatic heterocycles. The topological polar surface area (TPSA) is 99.2 Å². The number of nitrogens with zero attached hydrogens (tertiary/aromatic N) is 3. The molecule has 22 heavy (non-hydrogen) atoms. The van der Waals surface area contributed by atoms with Crippen LogP contribution in [0.2, 0.25) is 0 Å². The lowest BCUT2D eigenvalue weighted by molar-refractivity contribution is -0.320. The van der Waals surface area contributed by atoms with Crippen molar-refractivity contribution in [1.82, 2.24) is 19.7 Å². The van der Waals surface area contributed by atoms with E-state index in [4.69, 9.17) is 0 Å². The lowest BCUT2D eigenvalue weighted by Crippen LogP contribution is -2.63. The number of halogens is 3. The van der Waals surface area contributed by atoms with Crippen molar-refractivity contribution in [2.45, 2.75) is 42.5 Å². The monoisotopic (exact) mass is 340 g/mol. The van der Waals surface area contributed by atoms with Crippen LogP contribution in [0.3, 0.4) is 0 Å². The van der Waals surface area contributed by atoms with Crippen LogP contribution < -0.4 is 0 Å². The molecule has 1 spiro atoms. The second kappa shape index (κ2) is 4.65. The van der Waals surface area contributed by atoms with Crippen molar-refractivity contribution in [3.8, 4) is 0 Å². The normalized spacial score (nSPS) is 25.1. The summed E-state index contributed by atoms with van der Waals surface area (Å²) in [6.45, 7) is 0.228. The fourth-order valence-corrected chi connectivity index (χ4v) is 4.66. The van der Waals surface area contributed by atoms with Crippen LogP contribution in [-0.4, -0.2) is 58.1 Å². The van der Waals surface area contributed by atoms with E-state index in [2.05, 4.69) is 15.4 Å². The van der Waals surface area contributed by atoms with Crippen LogP contribution in [0.5, 0.6) is 0 Å². The minimum atomic E-state index is -4.64. The number of H-pyrrole nitrogens is 1. The third-order valence-electron chi connectivity index (χ3n) is 4.64. The highest BCUT2D eigenvalue weighted by Gasteiger charge is 2.67. The standard InChI is InChI=1S/C11H15F3N4O3S/c12-11(13,14)10(19)6-9(7-10)1-3-18(4-2-9)22(20,21)8-5-15-17-16-8/h5,19H,1-4,6-7H2,(H,15,16,17). The third kappa shape index (κ3) is 2.31. The van der Waals surface area contributed by atoms with Crippen LogP contribution in [-0.2, 0) is 10.0 Å². The molecule has 0 bridgehead atoms. The van der Waals surface area contributed by atoms with Crippen molar-refractivity contribution in [2.75, 3.05) is 13.1 Å². The maximum Gasteiger partial charge on any atom is 0.417 e. The Morgan fingerprint density at radius 3 is 2.32 bits per heavy atom. The highest BCUT2D eigenvalue weighted by Crippen LogP contribution is 2.60. The summed E-state index contributed by atoms with van der Waals surface area (Å²) in [5, 5.41) is 18.6. The number of aromatic nitrogens is 3. The minimum absolute atomic E-state index is 0.114. The number of piperidine rings is 1. The van der Waals surface area contributed by atoms with E-state index in [1.165, 1.54) is 4.31 Å². The number of aromatic amines is 1. The van der Waals surface area contributed by atoms with Gasteiger partial charge in [0.15, 0.2) is 5.60 Å². The van der Waals surface area contributed by atoms with Crippen LogP contribution in [0.4, 0.5) is 13.2 Å². The van der Waals surface area contributed by atoms with Crippen molar-refractivity contribution < 1.29 is 26.7 Å². The van der Waals surface area contributed by atoms with Crippen LogP contribution in [0, 0.1) is 5.41 Å². The molecule has 1 saturated heterocycles. The summed E-state index contributed by atoms with van der Waals surface area (Å²) in [5.41, 5.74) is -3.25. The van der Waals surface area contributed by atoms with Gasteiger partial charge < -0.3 is 5.11 Å². The molecule has 7 nitrogen and oxygen atoms in total. The van der Waals surface area contributed by atoms with Gasteiger partial charge in [-0.15, -0.1) is 5.10 Å². The molecule has 0 atom stereocenters. The summed E-state index contributed by atoms with van der Waals surface area (Å²) in [6, 6.07) is 0. The molecule has 0 radical (unpaired) electrons. The molecule has 0 unspecified atom stereocenters. The van der Waals surface area contributed by atoms with Crippen molar-refractivity contribution in [2.24, 2.45) is 5.41 Å². The highest BCUT2D eigenvalue weighted by atomic mass is 32.2. The number of alkyl halides is 3. The van der Waals surface area contributed by atoms with E-state index < -0.39 is 27.2 Å². The zero-order valence-corrected chi connectivity index (χ0v) is 12.3. The van der Waals surface area contributed by atoms with Gasteiger partial charge in [0.2, 0.25) is 5.03 Å². The van der Waals surface area contributed by atoms with Crippen molar-refractivity contribution in [3.05, 3.63) is 6.20 Å². The van der Waals surface area contributed by atoms with Gasteiger partial charge >= 0.3 is 6.18 Å². The van der Waals surface area contributed by atoms with E-state index in [1.807, 2.05) is 0 Å². The number of hydrogen-bond donors (Lipinski definition) is 2. The second-order valence-corrected chi connectivity index (χ2v) is 7.98. The zero-order chi connectivity index (χ0) is 16.2. The Balaban J connectivity index is 1.66. The van der Waals surface area contributed by atoms with E-state index in [-0.39, 0.29) is 31.0 Å². The zero-order valence-electron chi connectivity index (χ0n) is 11.5. The Bertz CT molecular complexity index is 643. The van der Waals surface area contributed by atoms with E-state index in [0.717, 1.165) is 6.20 Å². The van der Waals surface area contributed by atoms with Gasteiger partial charge in [-0.2, -0.15) is 27.8 Å². The van der Waals surface area contributed by atoms with E-state index >= 15 is 0 Å². The summed E-state index contributed by atoms with van der Waals surface area (Å²) in [5.74, 6) is 0. The predicted octanol–water partition coefficient (Wildman–Crippen LogP) is 0.663. The molecule has 2 fully saturated rings. The molecule has 1 aromatic heterocycles. The molecule has 3 rings (SSSR count). The summed E-state index contributed by atoms with van der Waals surface area (Å²) in [4.78, 5) is 0. The van der Waals surface area contributed by atoms with Crippen LogP contribution >= 0.6 is 0 Å². The SMILES string of the molecule is O=S(=O)(c1cn[nH]n1)N1CCC2(CC1)CC(O)(C(F)(F)F)C2. The number of aliphatic hydroxyl groups is 1. The molecular formula is C11H15F3N4O3S. The van der Waals surface area contributed by atoms with Gasteiger partial charge in [-0.25, -0.2) is 8.42 Å². The maximum atomic E-state index is 12.7. The first-order valence-electron chi connectivity index (χ1n) is 6.73. The predicted molar refractivity (Wildman–Crippen MR) is 67.0 cm³/mol. The van der Waals surface area contributed by atoms with Crippen molar-refractivity contribution >= 4 is 10.0 Å². The number of hydrogen-bond acceptors (Lipinski definition) is 5. The Kier molecular flexibility index (Phi) is 3.31. The first kappa shape index (κ1) is 15.7. The Morgan fingerprint density at radius 1 is 1.27 bits per heavy atom. The summed E-state index contributed by atoms with van der Waals surface area (Å²) in [7, 11) is -3.77. The smallest absolute Gasteiger partial charge is 0.380 e. The summed E-state index contributed by atoms with van der Waals surface area (Å²) in [6.07, 6.45) is -3.68. The van der Waals surface area contributed by atoms with Crippen LogP contribution in [0.1, 0.15) is 25.7 Å². The molecule has 2 N–H and O–H groups in total. The average Bonchev–Trinajstić information content (AvgIpc) is 2.90. The fraction of sp³-hybridized carbons (Fsp3) is 0.818. The lowest BCUT2D eigenvalue weighted by atomic mass is 9.55. The number of nitrogens with one attached hydrogen (secondary N) is 1. The van der Waals surface area contributed by atoms with Gasteiger partial charge in [-0.1, -0.05) is 0 Å². The molecule has 0 amide bonds. The summed E-state index contributed by atoms with van der Waals surface area (Å²) < 4.78 is 63.7.